The molecule has 3 N–H and O–H groups in total. The molecule has 1 aromatic carbocycles. The molecular weight excluding hydrogens is 352 g/mol. The van der Waals surface area contributed by atoms with Gasteiger partial charge in [-0.3, -0.25) is 9.69 Å². The van der Waals surface area contributed by atoms with Crippen molar-refractivity contribution in [1.82, 2.24) is 19.5 Å². The topological polar surface area (TPSA) is 97.8 Å². The minimum atomic E-state index is -0.447. The van der Waals surface area contributed by atoms with Crippen molar-refractivity contribution in [2.75, 3.05) is 44.7 Å². The highest BCUT2D eigenvalue weighted by Gasteiger charge is 2.12. The maximum absolute atomic E-state index is 11.3. The highest BCUT2D eigenvalue weighted by atomic mass is 32.1. The van der Waals surface area contributed by atoms with E-state index in [1.54, 1.807) is 22.7 Å². The molecule has 0 spiro atoms. The fourth-order valence-corrected chi connectivity index (χ4v) is 3.70. The molecule has 136 valence electrons. The average molecular weight is 372 g/mol. The number of primary amides is 1. The first-order valence-corrected chi connectivity index (χ1v) is 9.31. The van der Waals surface area contributed by atoms with E-state index >= 15 is 0 Å². The molecular formula is C17H20N6O2S. The molecule has 1 aliphatic heterocycles. The van der Waals surface area contributed by atoms with Crippen LogP contribution >= 0.6 is 11.3 Å². The van der Waals surface area contributed by atoms with Crippen molar-refractivity contribution < 1.29 is 9.53 Å². The van der Waals surface area contributed by atoms with Crippen molar-refractivity contribution in [3.05, 3.63) is 36.0 Å². The molecule has 0 bridgehead atoms. The summed E-state index contributed by atoms with van der Waals surface area (Å²) < 4.78 is 7.11. The molecule has 0 aliphatic carbocycles. The molecule has 1 saturated heterocycles. The summed E-state index contributed by atoms with van der Waals surface area (Å²) in [6, 6.07) is 7.14. The molecule has 1 fully saturated rings. The van der Waals surface area contributed by atoms with Crippen molar-refractivity contribution in [3.8, 4) is 11.3 Å². The van der Waals surface area contributed by atoms with Gasteiger partial charge in [0, 0.05) is 37.3 Å². The Morgan fingerprint density at radius 3 is 2.96 bits per heavy atom. The van der Waals surface area contributed by atoms with Crippen molar-refractivity contribution in [2.45, 2.75) is 0 Å². The number of anilines is 1. The summed E-state index contributed by atoms with van der Waals surface area (Å²) in [5.41, 5.74) is 7.43. The highest BCUT2D eigenvalue weighted by molar-refractivity contribution is 7.20. The Morgan fingerprint density at radius 2 is 2.19 bits per heavy atom. The van der Waals surface area contributed by atoms with Gasteiger partial charge in [-0.2, -0.15) is 0 Å². The minimum absolute atomic E-state index is 0.447. The number of hydrogen-bond acceptors (Lipinski definition) is 7. The van der Waals surface area contributed by atoms with E-state index in [9.17, 15) is 4.79 Å². The number of rotatable bonds is 6. The van der Waals surface area contributed by atoms with Gasteiger partial charge in [0.15, 0.2) is 0 Å². The molecule has 0 radical (unpaired) electrons. The van der Waals surface area contributed by atoms with Gasteiger partial charge in [0.1, 0.15) is 0 Å². The van der Waals surface area contributed by atoms with Gasteiger partial charge in [-0.1, -0.05) is 23.5 Å². The number of nitrogens with zero attached hydrogens (tertiary/aromatic N) is 4. The molecule has 0 saturated carbocycles. The van der Waals surface area contributed by atoms with Crippen LogP contribution in [0.15, 0.2) is 30.5 Å². The summed E-state index contributed by atoms with van der Waals surface area (Å²) in [6.07, 6.45) is 1.86. The number of carbonyl (C=O) groups is 1. The van der Waals surface area contributed by atoms with Crippen LogP contribution in [-0.4, -0.2) is 64.8 Å². The molecule has 2 aromatic heterocycles. The van der Waals surface area contributed by atoms with Crippen LogP contribution in [0.3, 0.4) is 0 Å². The number of ether oxygens (including phenoxy) is 1. The normalized spacial score (nSPS) is 15.4. The number of amides is 1. The lowest BCUT2D eigenvalue weighted by Gasteiger charge is -2.26. The Hall–Kier alpha value is -2.49. The van der Waals surface area contributed by atoms with Crippen molar-refractivity contribution in [3.63, 3.8) is 0 Å². The van der Waals surface area contributed by atoms with Crippen LogP contribution in [0.2, 0.25) is 0 Å². The zero-order valence-corrected chi connectivity index (χ0v) is 15.0. The van der Waals surface area contributed by atoms with Gasteiger partial charge in [0.05, 0.1) is 25.1 Å². The maximum Gasteiger partial charge on any atom is 0.248 e. The van der Waals surface area contributed by atoms with Crippen LogP contribution in [0.1, 0.15) is 10.4 Å². The van der Waals surface area contributed by atoms with Crippen LogP contribution in [0, 0.1) is 0 Å². The molecule has 9 heteroatoms. The second kappa shape index (κ2) is 7.40. The van der Waals surface area contributed by atoms with E-state index in [-0.39, 0.29) is 0 Å². The van der Waals surface area contributed by atoms with Gasteiger partial charge in [0.25, 0.3) is 0 Å². The summed E-state index contributed by atoms with van der Waals surface area (Å²) in [5, 5.41) is 8.73. The van der Waals surface area contributed by atoms with Crippen molar-refractivity contribution in [1.29, 1.82) is 0 Å². The third-order valence-electron chi connectivity index (χ3n) is 4.29. The van der Waals surface area contributed by atoms with Crippen LogP contribution < -0.4 is 11.1 Å². The van der Waals surface area contributed by atoms with E-state index in [1.807, 2.05) is 12.3 Å². The highest BCUT2D eigenvalue weighted by Crippen LogP contribution is 2.25. The summed E-state index contributed by atoms with van der Waals surface area (Å²) in [4.78, 5) is 19.1. The minimum Gasteiger partial charge on any atom is -0.379 e. The number of nitrogens with one attached hydrogen (secondary N) is 1. The Morgan fingerprint density at radius 1 is 1.35 bits per heavy atom. The SMILES string of the molecule is NC(=O)c1cccc(-c2cn3nc(NCCN4CCOCC4)sc3n2)c1. The Balaban J connectivity index is 1.42. The monoisotopic (exact) mass is 372 g/mol. The van der Waals surface area contributed by atoms with Crippen LogP contribution in [-0.2, 0) is 4.74 Å². The molecule has 8 nitrogen and oxygen atoms in total. The number of carbonyl (C=O) groups excluding carboxylic acids is 1. The lowest BCUT2D eigenvalue weighted by Crippen LogP contribution is -2.39. The quantitative estimate of drug-likeness (QED) is 0.677. The summed E-state index contributed by atoms with van der Waals surface area (Å²) in [5.74, 6) is -0.447. The molecule has 4 rings (SSSR count). The predicted octanol–water partition coefficient (Wildman–Crippen LogP) is 1.30. The number of nitrogens with two attached hydrogens (primary N) is 1. The molecule has 0 atom stereocenters. The summed E-state index contributed by atoms with van der Waals surface area (Å²) >= 11 is 1.50. The second-order valence-corrected chi connectivity index (χ2v) is 7.04. The Bertz CT molecular complexity index is 884. The number of imidazole rings is 1. The van der Waals surface area contributed by atoms with Crippen LogP contribution in [0.25, 0.3) is 16.2 Å². The van der Waals surface area contributed by atoms with Gasteiger partial charge in [-0.15, -0.1) is 5.10 Å². The molecule has 26 heavy (non-hydrogen) atoms. The molecule has 1 amide bonds. The van der Waals surface area contributed by atoms with Crippen LogP contribution in [0.5, 0.6) is 0 Å². The summed E-state index contributed by atoms with van der Waals surface area (Å²) in [6.45, 7) is 5.39. The average Bonchev–Trinajstić information content (AvgIpc) is 3.21. The van der Waals surface area contributed by atoms with Gasteiger partial charge < -0.3 is 15.8 Å². The second-order valence-electron chi connectivity index (χ2n) is 6.09. The van der Waals surface area contributed by atoms with E-state index in [1.165, 1.54) is 11.3 Å². The number of fused-ring (bicyclic) bond motifs is 1. The number of morpholine rings is 1. The third-order valence-corrected chi connectivity index (χ3v) is 5.17. The number of hydrogen-bond donors (Lipinski definition) is 2. The zero-order chi connectivity index (χ0) is 17.9. The van der Waals surface area contributed by atoms with E-state index in [0.29, 0.717) is 5.56 Å². The van der Waals surface area contributed by atoms with Gasteiger partial charge in [-0.25, -0.2) is 9.50 Å². The van der Waals surface area contributed by atoms with Gasteiger partial charge in [-0.05, 0) is 12.1 Å². The molecule has 3 aromatic rings. The first-order valence-electron chi connectivity index (χ1n) is 8.49. The fraction of sp³-hybridized carbons (Fsp3) is 0.353. The van der Waals surface area contributed by atoms with E-state index < -0.39 is 5.91 Å². The lowest BCUT2D eigenvalue weighted by molar-refractivity contribution is 0.0398. The maximum atomic E-state index is 11.3. The molecule has 0 unspecified atom stereocenters. The Kier molecular flexibility index (Phi) is 4.83. The first kappa shape index (κ1) is 17.0. The van der Waals surface area contributed by atoms with Gasteiger partial charge in [0.2, 0.25) is 16.0 Å². The summed E-state index contributed by atoms with van der Waals surface area (Å²) in [7, 11) is 0. The van der Waals surface area contributed by atoms with Gasteiger partial charge >= 0.3 is 0 Å². The van der Waals surface area contributed by atoms with E-state index in [2.05, 4.69) is 20.3 Å². The number of benzene rings is 1. The molecule has 3 heterocycles. The fourth-order valence-electron chi connectivity index (χ4n) is 2.89. The van der Waals surface area contributed by atoms with E-state index in [4.69, 9.17) is 10.5 Å². The van der Waals surface area contributed by atoms with E-state index in [0.717, 1.165) is 60.7 Å². The largest absolute Gasteiger partial charge is 0.379 e. The third kappa shape index (κ3) is 3.69. The van der Waals surface area contributed by atoms with Crippen molar-refractivity contribution in [2.24, 2.45) is 5.73 Å². The Labute approximate surface area is 154 Å². The first-order chi connectivity index (χ1) is 12.7. The predicted molar refractivity (Wildman–Crippen MR) is 101 cm³/mol. The zero-order valence-electron chi connectivity index (χ0n) is 14.2. The smallest absolute Gasteiger partial charge is 0.248 e. The standard InChI is InChI=1S/C17H20N6O2S/c18-15(24)13-3-1-2-12(10-13)14-11-23-17(20-14)26-16(21-23)19-4-5-22-6-8-25-9-7-22/h1-3,10-11H,4-9H2,(H2,18,24)(H,19,21). The lowest BCUT2D eigenvalue weighted by atomic mass is 10.1. The van der Waals surface area contributed by atoms with Crippen LogP contribution in [0.4, 0.5) is 5.13 Å². The molecule has 1 aliphatic rings. The number of aromatic nitrogens is 3. The van der Waals surface area contributed by atoms with Crippen molar-refractivity contribution >= 4 is 27.3 Å².